The number of piperazine rings is 2. The zero-order chi connectivity index (χ0) is 65.6. The van der Waals surface area contributed by atoms with Gasteiger partial charge in [-0.2, -0.15) is 0 Å². The van der Waals surface area contributed by atoms with Crippen molar-refractivity contribution < 1.29 is 14.3 Å². The number of rotatable bonds is 18. The Bertz CT molecular complexity index is 3650. The van der Waals surface area contributed by atoms with Crippen LogP contribution >= 0.6 is 58.6 Å². The molecular weight excluding hydrogens is 1260 g/mol. The zero-order valence-electron chi connectivity index (χ0n) is 56.4. The molecule has 8 aromatic rings. The number of halogens is 1. The third-order valence-electron chi connectivity index (χ3n) is 18.4. The fraction of sp³-hybridized carbons (Fsp3) is 0.377. The van der Waals surface area contributed by atoms with Gasteiger partial charge in [0.15, 0.2) is 0 Å². The van der Waals surface area contributed by atoms with E-state index in [1.165, 1.54) is 124 Å². The third kappa shape index (κ3) is 17.8. The molecular formula is C77H96ClN10O2S4+. The highest BCUT2D eigenvalue weighted by Crippen LogP contribution is 2.52. The molecule has 496 valence electrons. The Labute approximate surface area is 583 Å². The summed E-state index contributed by atoms with van der Waals surface area (Å²) in [6.07, 6.45) is 3.45. The molecule has 17 heteroatoms. The van der Waals surface area contributed by atoms with Gasteiger partial charge in [-0.3, -0.25) is 4.90 Å². The van der Waals surface area contributed by atoms with Crippen LogP contribution in [0.2, 0.25) is 5.02 Å². The van der Waals surface area contributed by atoms with E-state index in [4.69, 9.17) is 21.4 Å². The van der Waals surface area contributed by atoms with E-state index in [0.717, 1.165) is 100 Å². The molecule has 0 aliphatic carbocycles. The molecule has 2 saturated heterocycles. The molecule has 14 rings (SSSR count). The smallest absolute Gasteiger partial charge is 0.121 e. The normalized spacial score (nSPS) is 16.2. The van der Waals surface area contributed by atoms with Crippen molar-refractivity contribution in [1.82, 2.24) is 24.5 Å². The van der Waals surface area contributed by atoms with E-state index in [2.05, 4.69) is 263 Å². The van der Waals surface area contributed by atoms with Crippen LogP contribution < -0.4 is 24.3 Å². The highest BCUT2D eigenvalue weighted by molar-refractivity contribution is 8.00. The number of aliphatic hydroxyl groups is 1. The van der Waals surface area contributed by atoms with E-state index in [1.807, 2.05) is 59.2 Å². The Kier molecular flexibility index (Phi) is 24.7. The fourth-order valence-corrected chi connectivity index (χ4v) is 17.1. The summed E-state index contributed by atoms with van der Waals surface area (Å²) in [5.41, 5.74) is 10.4. The van der Waals surface area contributed by atoms with Gasteiger partial charge in [0.1, 0.15) is 11.8 Å². The number of benzene rings is 8. The van der Waals surface area contributed by atoms with E-state index >= 15 is 0 Å². The lowest BCUT2D eigenvalue weighted by atomic mass is 10.1. The maximum Gasteiger partial charge on any atom is 0.121 e. The number of anilines is 8. The van der Waals surface area contributed by atoms with Crippen LogP contribution in [-0.4, -0.2) is 201 Å². The van der Waals surface area contributed by atoms with E-state index in [-0.39, 0.29) is 6.61 Å². The van der Waals surface area contributed by atoms with Gasteiger partial charge in [-0.05, 0) is 170 Å². The van der Waals surface area contributed by atoms with E-state index in [1.54, 1.807) is 7.11 Å². The first-order valence-electron chi connectivity index (χ1n) is 33.5. The number of hydrogen-bond acceptors (Lipinski definition) is 15. The SMILES string of the molecule is CC(CN1c2ccccc2Sc2ccccc21)[N+](C)(C)C.CN1CCN(CCCN2c3ccccc3Sc3ccccc32)CC1.COc1ccc2c(c1)N(CCCN(C)C)c1ccccc1S2.OCCN1CCN(CCCN2c3ccccc3Sc3ccc(Cl)cc32)CC1. The number of likely N-dealkylation sites (N-methyl/N-ethyl adjacent to an activating group) is 2. The molecule has 6 heterocycles. The molecule has 0 amide bonds. The lowest BCUT2D eigenvalue weighted by Gasteiger charge is -2.39. The van der Waals surface area contributed by atoms with Crippen molar-refractivity contribution in [1.29, 1.82) is 0 Å². The summed E-state index contributed by atoms with van der Waals surface area (Å²) in [5.74, 6) is 0.913. The molecule has 0 spiro atoms. The van der Waals surface area contributed by atoms with Gasteiger partial charge in [-0.15, -0.1) is 0 Å². The lowest BCUT2D eigenvalue weighted by molar-refractivity contribution is -0.892. The monoisotopic (exact) mass is 1360 g/mol. The topological polar surface area (TPSA) is 58.6 Å². The van der Waals surface area contributed by atoms with Crippen molar-refractivity contribution in [3.05, 3.63) is 187 Å². The average molecular weight is 1360 g/mol. The fourth-order valence-electron chi connectivity index (χ4n) is 12.6. The van der Waals surface area contributed by atoms with Gasteiger partial charge in [0, 0.05) is 129 Å². The zero-order valence-corrected chi connectivity index (χ0v) is 60.4. The van der Waals surface area contributed by atoms with Crippen LogP contribution in [0, 0.1) is 0 Å². The molecule has 1 atom stereocenters. The average Bonchev–Trinajstić information content (AvgIpc) is 0.807. The number of para-hydroxylation sites is 6. The maximum absolute atomic E-state index is 9.08. The van der Waals surface area contributed by atoms with Gasteiger partial charge < -0.3 is 53.5 Å². The summed E-state index contributed by atoms with van der Waals surface area (Å²) in [7, 11) is 15.0. The summed E-state index contributed by atoms with van der Waals surface area (Å²) in [4.78, 5) is 32.6. The van der Waals surface area contributed by atoms with Crippen molar-refractivity contribution >= 4 is 104 Å². The molecule has 0 radical (unpaired) electrons. The molecule has 94 heavy (non-hydrogen) atoms. The first-order chi connectivity index (χ1) is 45.7. The Morgan fingerprint density at radius 3 is 1.17 bits per heavy atom. The predicted molar refractivity (Wildman–Crippen MR) is 401 cm³/mol. The minimum atomic E-state index is 0.258. The number of hydrogen-bond donors (Lipinski definition) is 1. The van der Waals surface area contributed by atoms with Crippen molar-refractivity contribution in [3.8, 4) is 5.75 Å². The van der Waals surface area contributed by atoms with Crippen molar-refractivity contribution in [3.63, 3.8) is 0 Å². The number of β-amino-alcohol motifs (C(OH)–C–C–N with tert-alkyl or cyclic N) is 1. The summed E-state index contributed by atoms with van der Waals surface area (Å²) in [5, 5.41) is 9.87. The summed E-state index contributed by atoms with van der Waals surface area (Å²) in [6, 6.07) is 65.4. The van der Waals surface area contributed by atoms with Gasteiger partial charge >= 0.3 is 0 Å². The van der Waals surface area contributed by atoms with Crippen LogP contribution in [0.15, 0.2) is 221 Å². The standard InChI is InChI=1S/C21H26ClN3OS.C20H25N3S.C18H22N2OS.C18H23N2S/c22-17-6-7-21-19(16-17)25(18-4-1-2-5-20(18)27-21)9-3-8-23-10-12-24(13-11-23)14-15-26;1-21-13-15-22(16-14-21)11-6-12-23-17-7-2-4-9-19(17)24-20-10-5-3-8-18(20)23;1-19(2)11-6-12-20-15-7-4-5-8-17(15)22-18-10-9-14(21-3)13-16(18)20;1-14(20(2,3)4)13-19-15-9-5-7-11-17(15)21-18-12-8-6-10-16(18)19/h1-2,4-7,16,26H,3,8-15H2;2-5,7-10H,6,11-16H2,1H3;4-5,7-10,13H,6,11-12H2,1-3H3;5-12,14H,13H2,1-4H3/q;;;+1. The van der Waals surface area contributed by atoms with Gasteiger partial charge in [0.2, 0.25) is 0 Å². The van der Waals surface area contributed by atoms with Crippen molar-refractivity contribution in [2.75, 3.05) is 180 Å². The van der Waals surface area contributed by atoms with Crippen molar-refractivity contribution in [2.45, 2.75) is 71.4 Å². The molecule has 6 aliphatic heterocycles. The minimum absolute atomic E-state index is 0.258. The molecule has 8 aromatic carbocycles. The molecule has 0 saturated carbocycles. The van der Waals surface area contributed by atoms with Crippen LogP contribution in [-0.2, 0) is 0 Å². The second-order valence-electron chi connectivity index (χ2n) is 26.1. The molecule has 6 aliphatic rings. The van der Waals surface area contributed by atoms with Crippen LogP contribution in [0.1, 0.15) is 26.2 Å². The minimum Gasteiger partial charge on any atom is -0.497 e. The molecule has 1 N–H and O–H groups in total. The van der Waals surface area contributed by atoms with Crippen LogP contribution in [0.5, 0.6) is 5.75 Å². The Balaban J connectivity index is 0.000000128. The Hall–Kier alpha value is -5.83. The Morgan fingerprint density at radius 2 is 0.777 bits per heavy atom. The molecule has 1 unspecified atom stereocenters. The molecule has 12 nitrogen and oxygen atoms in total. The van der Waals surface area contributed by atoms with E-state index in [0.29, 0.717) is 6.04 Å². The van der Waals surface area contributed by atoms with Crippen LogP contribution in [0.4, 0.5) is 45.5 Å². The first-order valence-corrected chi connectivity index (χ1v) is 37.1. The number of quaternary nitrogens is 1. The molecule has 0 bridgehead atoms. The first kappa shape index (κ1) is 69.5. The highest BCUT2D eigenvalue weighted by Gasteiger charge is 2.30. The third-order valence-corrected chi connectivity index (χ3v) is 23.2. The quantitative estimate of drug-likeness (QED) is 0.0829. The van der Waals surface area contributed by atoms with E-state index < -0.39 is 0 Å². The number of methoxy groups -OCH3 is 1. The summed E-state index contributed by atoms with van der Waals surface area (Å²) >= 11 is 13.7. The Morgan fingerprint density at radius 1 is 0.436 bits per heavy atom. The van der Waals surface area contributed by atoms with Crippen LogP contribution in [0.3, 0.4) is 0 Å². The number of nitrogens with zero attached hydrogens (tertiary/aromatic N) is 10. The van der Waals surface area contributed by atoms with Gasteiger partial charge in [0.05, 0.1) is 86.9 Å². The maximum atomic E-state index is 9.08. The molecule has 0 aromatic heterocycles. The van der Waals surface area contributed by atoms with Gasteiger partial charge in [-0.1, -0.05) is 131 Å². The summed E-state index contributed by atoms with van der Waals surface area (Å²) in [6.45, 7) is 20.0. The second-order valence-corrected chi connectivity index (χ2v) is 30.9. The number of fused-ring (bicyclic) bond motifs is 8. The van der Waals surface area contributed by atoms with Crippen LogP contribution in [0.25, 0.3) is 0 Å². The number of ether oxygens (including phenoxy) is 1. The number of aliphatic hydroxyl groups excluding tert-OH is 1. The second kappa shape index (κ2) is 33.4. The lowest BCUT2D eigenvalue weighted by Crippen LogP contribution is -2.49. The van der Waals surface area contributed by atoms with Gasteiger partial charge in [-0.25, -0.2) is 0 Å². The van der Waals surface area contributed by atoms with E-state index in [9.17, 15) is 0 Å². The predicted octanol–water partition coefficient (Wildman–Crippen LogP) is 16.5. The largest absolute Gasteiger partial charge is 0.497 e. The molecule has 2 fully saturated rings. The summed E-state index contributed by atoms with van der Waals surface area (Å²) < 4.78 is 6.38. The van der Waals surface area contributed by atoms with Gasteiger partial charge in [0.25, 0.3) is 0 Å². The van der Waals surface area contributed by atoms with Crippen molar-refractivity contribution in [2.24, 2.45) is 0 Å². The highest BCUT2D eigenvalue weighted by atomic mass is 35.5.